The number of rotatable bonds is 8. The lowest BCUT2D eigenvalue weighted by molar-refractivity contribution is -0.135. The normalized spacial score (nSPS) is 19.5. The summed E-state index contributed by atoms with van der Waals surface area (Å²) in [4.78, 5) is 31.4. The molecule has 1 fully saturated rings. The van der Waals surface area contributed by atoms with E-state index >= 15 is 0 Å². The van der Waals surface area contributed by atoms with E-state index in [-0.39, 0.29) is 36.7 Å². The van der Waals surface area contributed by atoms with Crippen LogP contribution in [0.5, 0.6) is 5.75 Å². The second kappa shape index (κ2) is 11.4. The SMILES string of the molecule is Cc1ccc(OC[C@H]2c3ccsc3CCN2C(=O)CN(C[C@@H]2CCCO2)C(=O)NC(C)C)c(C)c1. The van der Waals surface area contributed by atoms with E-state index in [1.165, 1.54) is 10.4 Å². The first-order valence-electron chi connectivity index (χ1n) is 12.5. The van der Waals surface area contributed by atoms with Crippen LogP contribution < -0.4 is 10.1 Å². The Bertz CT molecular complexity index is 1030. The first kappa shape index (κ1) is 25.5. The molecule has 0 bridgehead atoms. The number of thiophene rings is 1. The van der Waals surface area contributed by atoms with Crippen molar-refractivity contribution in [2.45, 2.75) is 65.1 Å². The second-order valence-electron chi connectivity index (χ2n) is 9.85. The lowest BCUT2D eigenvalue weighted by Gasteiger charge is -2.37. The Morgan fingerprint density at radius 1 is 1.29 bits per heavy atom. The van der Waals surface area contributed by atoms with E-state index in [9.17, 15) is 9.59 Å². The van der Waals surface area contributed by atoms with E-state index in [0.717, 1.165) is 36.1 Å². The summed E-state index contributed by atoms with van der Waals surface area (Å²) >= 11 is 1.73. The largest absolute Gasteiger partial charge is 0.491 e. The van der Waals surface area contributed by atoms with Gasteiger partial charge < -0.3 is 24.6 Å². The van der Waals surface area contributed by atoms with Gasteiger partial charge in [-0.25, -0.2) is 4.79 Å². The summed E-state index contributed by atoms with van der Waals surface area (Å²) < 4.78 is 12.0. The maximum atomic E-state index is 13.6. The summed E-state index contributed by atoms with van der Waals surface area (Å²) in [5.41, 5.74) is 3.42. The predicted molar refractivity (Wildman–Crippen MR) is 138 cm³/mol. The monoisotopic (exact) mass is 499 g/mol. The Morgan fingerprint density at radius 3 is 2.83 bits per heavy atom. The number of carbonyl (C=O) groups excluding carboxylic acids is 2. The van der Waals surface area contributed by atoms with Gasteiger partial charge in [-0.2, -0.15) is 0 Å². The van der Waals surface area contributed by atoms with Gasteiger partial charge in [0.05, 0.1) is 12.1 Å². The number of benzene rings is 1. The van der Waals surface area contributed by atoms with Crippen LogP contribution in [0.2, 0.25) is 0 Å². The Morgan fingerprint density at radius 2 is 2.11 bits per heavy atom. The summed E-state index contributed by atoms with van der Waals surface area (Å²) in [7, 11) is 0. The minimum Gasteiger partial charge on any atom is -0.491 e. The number of carbonyl (C=O) groups is 2. The van der Waals surface area contributed by atoms with Gasteiger partial charge >= 0.3 is 6.03 Å². The van der Waals surface area contributed by atoms with Gasteiger partial charge in [0.1, 0.15) is 18.9 Å². The number of aryl methyl sites for hydroxylation is 2. The van der Waals surface area contributed by atoms with Crippen LogP contribution in [0.4, 0.5) is 4.79 Å². The van der Waals surface area contributed by atoms with Crippen LogP contribution in [0.1, 0.15) is 54.3 Å². The molecule has 190 valence electrons. The summed E-state index contributed by atoms with van der Waals surface area (Å²) in [6, 6.07) is 7.82. The first-order chi connectivity index (χ1) is 16.8. The van der Waals surface area contributed by atoms with Crippen molar-refractivity contribution >= 4 is 23.3 Å². The maximum Gasteiger partial charge on any atom is 0.318 e. The van der Waals surface area contributed by atoms with E-state index in [4.69, 9.17) is 9.47 Å². The molecule has 1 N–H and O–H groups in total. The Labute approximate surface area is 212 Å². The van der Waals surface area contributed by atoms with Crippen molar-refractivity contribution in [3.8, 4) is 5.75 Å². The van der Waals surface area contributed by atoms with Gasteiger partial charge in [-0.3, -0.25) is 4.79 Å². The van der Waals surface area contributed by atoms with Crippen molar-refractivity contribution in [1.29, 1.82) is 0 Å². The van der Waals surface area contributed by atoms with Crippen molar-refractivity contribution in [3.63, 3.8) is 0 Å². The van der Waals surface area contributed by atoms with E-state index in [1.807, 2.05) is 37.8 Å². The molecule has 2 aliphatic rings. The molecule has 0 radical (unpaired) electrons. The molecular weight excluding hydrogens is 462 g/mol. The number of ether oxygens (including phenoxy) is 2. The van der Waals surface area contributed by atoms with Crippen molar-refractivity contribution < 1.29 is 19.1 Å². The van der Waals surface area contributed by atoms with Crippen LogP contribution in [0, 0.1) is 13.8 Å². The van der Waals surface area contributed by atoms with Gasteiger partial charge in [0, 0.05) is 30.6 Å². The zero-order chi connectivity index (χ0) is 24.9. The van der Waals surface area contributed by atoms with E-state index in [1.54, 1.807) is 16.2 Å². The number of fused-ring (bicyclic) bond motifs is 1. The molecule has 8 heteroatoms. The summed E-state index contributed by atoms with van der Waals surface area (Å²) in [5.74, 6) is 0.773. The predicted octanol–water partition coefficient (Wildman–Crippen LogP) is 4.47. The quantitative estimate of drug-likeness (QED) is 0.582. The number of hydrogen-bond acceptors (Lipinski definition) is 5. The van der Waals surface area contributed by atoms with Crippen molar-refractivity contribution in [2.75, 3.05) is 32.8 Å². The van der Waals surface area contributed by atoms with Gasteiger partial charge in [-0.05, 0) is 75.6 Å². The molecule has 0 spiro atoms. The van der Waals surface area contributed by atoms with E-state index in [2.05, 4.69) is 29.8 Å². The molecule has 0 unspecified atom stereocenters. The topological polar surface area (TPSA) is 71.1 Å². The molecule has 3 amide bonds. The minimum absolute atomic E-state index is 0.00755. The molecule has 2 aliphatic heterocycles. The lowest BCUT2D eigenvalue weighted by Crippen LogP contribution is -2.52. The van der Waals surface area contributed by atoms with Crippen molar-refractivity contribution in [1.82, 2.24) is 15.1 Å². The second-order valence-corrected chi connectivity index (χ2v) is 10.9. The minimum atomic E-state index is -0.222. The Hall–Kier alpha value is -2.58. The van der Waals surface area contributed by atoms with Gasteiger partial charge in [-0.1, -0.05) is 17.7 Å². The number of amides is 3. The van der Waals surface area contributed by atoms with Gasteiger partial charge in [0.15, 0.2) is 0 Å². The molecule has 7 nitrogen and oxygen atoms in total. The molecule has 4 rings (SSSR count). The van der Waals surface area contributed by atoms with Gasteiger partial charge in [-0.15, -0.1) is 11.3 Å². The van der Waals surface area contributed by atoms with Crippen molar-refractivity contribution in [2.24, 2.45) is 0 Å². The zero-order valence-corrected chi connectivity index (χ0v) is 22.0. The van der Waals surface area contributed by atoms with Crippen LogP contribution in [-0.2, 0) is 16.0 Å². The zero-order valence-electron chi connectivity index (χ0n) is 21.2. The molecule has 1 saturated heterocycles. The fourth-order valence-corrected chi connectivity index (χ4v) is 5.78. The fourth-order valence-electron chi connectivity index (χ4n) is 4.85. The van der Waals surface area contributed by atoms with Crippen molar-refractivity contribution in [3.05, 3.63) is 51.2 Å². The third-order valence-electron chi connectivity index (χ3n) is 6.62. The molecule has 35 heavy (non-hydrogen) atoms. The third kappa shape index (κ3) is 6.35. The summed E-state index contributed by atoms with van der Waals surface area (Å²) in [5, 5.41) is 5.03. The lowest BCUT2D eigenvalue weighted by atomic mass is 10.00. The Balaban J connectivity index is 1.50. The molecule has 0 saturated carbocycles. The van der Waals surface area contributed by atoms with Gasteiger partial charge in [0.25, 0.3) is 0 Å². The standard InChI is InChI=1S/C27H37N3O4S/c1-18(2)28-27(32)29(15-21-6-5-12-33-21)16-26(31)30-11-9-25-22(10-13-35-25)23(30)17-34-24-8-7-19(3)14-20(24)4/h7-8,10,13-14,18,21,23H,5-6,9,11-12,15-17H2,1-4H3,(H,28,32)/t21-,23-/m0/s1. The fraction of sp³-hybridized carbons (Fsp3) is 0.556. The molecule has 3 heterocycles. The maximum absolute atomic E-state index is 13.6. The van der Waals surface area contributed by atoms with E-state index < -0.39 is 0 Å². The average molecular weight is 500 g/mol. The summed E-state index contributed by atoms with van der Waals surface area (Å²) in [6.07, 6.45) is 2.70. The van der Waals surface area contributed by atoms with Crippen LogP contribution >= 0.6 is 11.3 Å². The van der Waals surface area contributed by atoms with Crippen LogP contribution in [0.3, 0.4) is 0 Å². The number of hydrogen-bond donors (Lipinski definition) is 1. The van der Waals surface area contributed by atoms with Crippen LogP contribution in [-0.4, -0.2) is 66.7 Å². The molecule has 1 aromatic heterocycles. The first-order valence-corrected chi connectivity index (χ1v) is 13.4. The molecule has 2 atom stereocenters. The number of nitrogens with one attached hydrogen (secondary N) is 1. The molecule has 1 aromatic carbocycles. The number of nitrogens with zero attached hydrogens (tertiary/aromatic N) is 2. The molecule has 2 aromatic rings. The van der Waals surface area contributed by atoms with E-state index in [0.29, 0.717) is 26.3 Å². The average Bonchev–Trinajstić information content (AvgIpc) is 3.49. The van der Waals surface area contributed by atoms with Gasteiger partial charge in [0.2, 0.25) is 5.91 Å². The molecular formula is C27H37N3O4S. The molecule has 0 aliphatic carbocycles. The van der Waals surface area contributed by atoms with Crippen LogP contribution in [0.25, 0.3) is 0 Å². The third-order valence-corrected chi connectivity index (χ3v) is 7.61. The smallest absolute Gasteiger partial charge is 0.318 e. The highest BCUT2D eigenvalue weighted by Gasteiger charge is 2.34. The highest BCUT2D eigenvalue weighted by atomic mass is 32.1. The van der Waals surface area contributed by atoms with Crippen LogP contribution in [0.15, 0.2) is 29.6 Å². The number of urea groups is 1. The highest BCUT2D eigenvalue weighted by Crippen LogP contribution is 2.34. The summed E-state index contributed by atoms with van der Waals surface area (Å²) in [6.45, 7) is 10.1. The Kier molecular flexibility index (Phi) is 8.34. The highest BCUT2D eigenvalue weighted by molar-refractivity contribution is 7.10.